The third-order valence-corrected chi connectivity index (χ3v) is 5.36. The number of carbonyl (C=O) groups excluding carboxylic acids is 1. The van der Waals surface area contributed by atoms with E-state index < -0.39 is 0 Å². The van der Waals surface area contributed by atoms with Crippen molar-refractivity contribution in [3.05, 3.63) is 30.3 Å². The summed E-state index contributed by atoms with van der Waals surface area (Å²) in [5, 5.41) is 3.19. The third-order valence-electron chi connectivity index (χ3n) is 5.36. The van der Waals surface area contributed by atoms with Gasteiger partial charge in [0.15, 0.2) is 0 Å². The molecule has 0 aromatic heterocycles. The van der Waals surface area contributed by atoms with Gasteiger partial charge in [-0.15, -0.1) is 0 Å². The van der Waals surface area contributed by atoms with Crippen molar-refractivity contribution in [3.63, 3.8) is 0 Å². The van der Waals surface area contributed by atoms with E-state index in [2.05, 4.69) is 52.5 Å². The van der Waals surface area contributed by atoms with Gasteiger partial charge in [0.2, 0.25) is 5.91 Å². The molecular formula is C19H29N3O. The quantitative estimate of drug-likeness (QED) is 0.907. The van der Waals surface area contributed by atoms with E-state index in [-0.39, 0.29) is 5.91 Å². The van der Waals surface area contributed by atoms with E-state index in [1.807, 2.05) is 0 Å². The number of nitrogens with zero attached hydrogens (tertiary/aromatic N) is 2. The van der Waals surface area contributed by atoms with Gasteiger partial charge in [0.05, 0.1) is 6.54 Å². The van der Waals surface area contributed by atoms with Crippen LogP contribution in [0.15, 0.2) is 30.3 Å². The van der Waals surface area contributed by atoms with Crippen molar-refractivity contribution in [1.82, 2.24) is 10.2 Å². The number of carbonyl (C=O) groups is 1. The number of likely N-dealkylation sites (tertiary alicyclic amines) is 1. The van der Waals surface area contributed by atoms with E-state index in [9.17, 15) is 4.79 Å². The first-order valence-electron chi connectivity index (χ1n) is 9.02. The highest BCUT2D eigenvalue weighted by atomic mass is 16.2. The van der Waals surface area contributed by atoms with E-state index in [1.54, 1.807) is 0 Å². The second-order valence-corrected chi connectivity index (χ2v) is 7.00. The number of nitrogens with one attached hydrogen (secondary N) is 1. The molecule has 2 aliphatic rings. The number of amides is 1. The molecule has 1 aliphatic carbocycles. The summed E-state index contributed by atoms with van der Waals surface area (Å²) in [6.45, 7) is 2.60. The number of hydrogen-bond acceptors (Lipinski definition) is 3. The van der Waals surface area contributed by atoms with E-state index in [0.29, 0.717) is 18.6 Å². The fraction of sp³-hybridized carbons (Fsp3) is 0.632. The van der Waals surface area contributed by atoms with Crippen LogP contribution in [0.25, 0.3) is 0 Å². The summed E-state index contributed by atoms with van der Waals surface area (Å²) in [5.74, 6) is 0.215. The molecule has 0 unspecified atom stereocenters. The Labute approximate surface area is 139 Å². The Morgan fingerprint density at radius 1 is 1.13 bits per heavy atom. The first kappa shape index (κ1) is 16.3. The number of hydrogen-bond donors (Lipinski definition) is 1. The Morgan fingerprint density at radius 2 is 1.78 bits per heavy atom. The summed E-state index contributed by atoms with van der Waals surface area (Å²) in [5.41, 5.74) is 1.28. The van der Waals surface area contributed by atoms with Gasteiger partial charge in [0.1, 0.15) is 0 Å². The van der Waals surface area contributed by atoms with Gasteiger partial charge in [-0.25, -0.2) is 0 Å². The van der Waals surface area contributed by atoms with E-state index in [0.717, 1.165) is 38.8 Å². The lowest BCUT2D eigenvalue weighted by atomic mass is 10.0. The van der Waals surface area contributed by atoms with E-state index in [1.165, 1.54) is 18.5 Å². The van der Waals surface area contributed by atoms with Crippen molar-refractivity contribution in [2.24, 2.45) is 0 Å². The minimum Gasteiger partial charge on any atom is -0.372 e. The van der Waals surface area contributed by atoms with Crippen LogP contribution in [0.5, 0.6) is 0 Å². The minimum absolute atomic E-state index is 0.215. The molecule has 2 fully saturated rings. The molecular weight excluding hydrogens is 286 g/mol. The molecule has 1 heterocycles. The Kier molecular flexibility index (Phi) is 5.55. The Balaban J connectivity index is 1.42. The zero-order chi connectivity index (χ0) is 16.1. The molecule has 1 saturated heterocycles. The second-order valence-electron chi connectivity index (χ2n) is 7.00. The van der Waals surface area contributed by atoms with Crippen LogP contribution in [-0.2, 0) is 4.79 Å². The number of para-hydroxylation sites is 1. The van der Waals surface area contributed by atoms with Crippen molar-refractivity contribution in [2.45, 2.75) is 50.6 Å². The molecule has 0 spiro atoms. The molecule has 1 N–H and O–H groups in total. The Hall–Kier alpha value is -1.55. The summed E-state index contributed by atoms with van der Waals surface area (Å²) < 4.78 is 0. The summed E-state index contributed by atoms with van der Waals surface area (Å²) >= 11 is 0. The molecule has 1 saturated carbocycles. The predicted octanol–water partition coefficient (Wildman–Crippen LogP) is 2.65. The van der Waals surface area contributed by atoms with Gasteiger partial charge < -0.3 is 10.2 Å². The highest BCUT2D eigenvalue weighted by Crippen LogP contribution is 2.22. The lowest BCUT2D eigenvalue weighted by Crippen LogP contribution is -2.47. The summed E-state index contributed by atoms with van der Waals surface area (Å²) in [4.78, 5) is 16.8. The molecule has 4 nitrogen and oxygen atoms in total. The van der Waals surface area contributed by atoms with Crippen LogP contribution in [0.4, 0.5) is 5.69 Å². The molecule has 23 heavy (non-hydrogen) atoms. The average Bonchev–Trinajstić information content (AvgIpc) is 3.08. The van der Waals surface area contributed by atoms with Crippen molar-refractivity contribution < 1.29 is 4.79 Å². The van der Waals surface area contributed by atoms with E-state index >= 15 is 0 Å². The van der Waals surface area contributed by atoms with Crippen LogP contribution in [0.3, 0.4) is 0 Å². The number of anilines is 1. The molecule has 4 heteroatoms. The first-order chi connectivity index (χ1) is 11.2. The van der Waals surface area contributed by atoms with Crippen LogP contribution in [-0.4, -0.2) is 49.6 Å². The van der Waals surface area contributed by atoms with Gasteiger partial charge in [-0.05, 0) is 37.8 Å². The lowest BCUT2D eigenvalue weighted by molar-refractivity contribution is -0.123. The van der Waals surface area contributed by atoms with Crippen LogP contribution >= 0.6 is 0 Å². The van der Waals surface area contributed by atoms with Crippen LogP contribution in [0.2, 0.25) is 0 Å². The normalized spacial score (nSPS) is 20.6. The van der Waals surface area contributed by atoms with Gasteiger partial charge in [-0.2, -0.15) is 0 Å². The van der Waals surface area contributed by atoms with Gasteiger partial charge in [-0.1, -0.05) is 31.0 Å². The molecule has 0 radical (unpaired) electrons. The van der Waals surface area contributed by atoms with E-state index in [4.69, 9.17) is 0 Å². The molecule has 0 bridgehead atoms. The maximum Gasteiger partial charge on any atom is 0.234 e. The molecule has 3 rings (SSSR count). The lowest BCUT2D eigenvalue weighted by Gasteiger charge is -2.37. The maximum atomic E-state index is 12.1. The number of rotatable bonds is 5. The maximum absolute atomic E-state index is 12.1. The van der Waals surface area contributed by atoms with Crippen molar-refractivity contribution >= 4 is 11.6 Å². The third kappa shape index (κ3) is 4.47. The molecule has 1 aromatic carbocycles. The molecule has 126 valence electrons. The molecule has 1 amide bonds. The smallest absolute Gasteiger partial charge is 0.234 e. The standard InChI is InChI=1S/C19H29N3O/c1-21(17-9-3-2-4-10-17)18-11-13-22(14-12-18)15-19(23)20-16-7-5-6-8-16/h2-4,9-10,16,18H,5-8,11-15H2,1H3,(H,20,23). The fourth-order valence-corrected chi connectivity index (χ4v) is 3.89. The number of benzene rings is 1. The summed E-state index contributed by atoms with van der Waals surface area (Å²) in [7, 11) is 2.18. The van der Waals surface area contributed by atoms with Crippen molar-refractivity contribution in [3.8, 4) is 0 Å². The predicted molar refractivity (Wildman–Crippen MR) is 94.7 cm³/mol. The highest BCUT2D eigenvalue weighted by Gasteiger charge is 2.25. The van der Waals surface area contributed by atoms with Crippen molar-refractivity contribution in [1.29, 1.82) is 0 Å². The molecule has 1 aliphatic heterocycles. The second kappa shape index (κ2) is 7.82. The largest absolute Gasteiger partial charge is 0.372 e. The monoisotopic (exact) mass is 315 g/mol. The summed E-state index contributed by atoms with van der Waals surface area (Å²) in [6.07, 6.45) is 7.11. The van der Waals surface area contributed by atoms with Gasteiger partial charge >= 0.3 is 0 Å². The van der Waals surface area contributed by atoms with Crippen molar-refractivity contribution in [2.75, 3.05) is 31.6 Å². The SMILES string of the molecule is CN(c1ccccc1)C1CCN(CC(=O)NC2CCCC2)CC1. The average molecular weight is 315 g/mol. The number of piperidine rings is 1. The Morgan fingerprint density at radius 3 is 2.43 bits per heavy atom. The van der Waals surface area contributed by atoms with Crippen LogP contribution < -0.4 is 10.2 Å². The highest BCUT2D eigenvalue weighted by molar-refractivity contribution is 5.78. The van der Waals surface area contributed by atoms with Gasteiger partial charge in [-0.3, -0.25) is 9.69 Å². The zero-order valence-corrected chi connectivity index (χ0v) is 14.2. The van der Waals surface area contributed by atoms with Gasteiger partial charge in [0, 0.05) is 37.9 Å². The summed E-state index contributed by atoms with van der Waals surface area (Å²) in [6, 6.07) is 11.6. The zero-order valence-electron chi connectivity index (χ0n) is 14.2. The first-order valence-corrected chi connectivity index (χ1v) is 9.02. The molecule has 0 atom stereocenters. The van der Waals surface area contributed by atoms with Crippen LogP contribution in [0.1, 0.15) is 38.5 Å². The minimum atomic E-state index is 0.215. The van der Waals surface area contributed by atoms with Crippen LogP contribution in [0, 0.1) is 0 Å². The Bertz CT molecular complexity index is 491. The molecule has 1 aromatic rings. The topological polar surface area (TPSA) is 35.6 Å². The fourth-order valence-electron chi connectivity index (χ4n) is 3.89. The van der Waals surface area contributed by atoms with Gasteiger partial charge in [0.25, 0.3) is 0 Å².